The lowest BCUT2D eigenvalue weighted by Crippen LogP contribution is -2.01. The van der Waals surface area contributed by atoms with E-state index in [0.717, 1.165) is 30.6 Å². The molecule has 0 aliphatic rings. The Morgan fingerprint density at radius 3 is 2.94 bits per heavy atom. The van der Waals surface area contributed by atoms with Gasteiger partial charge in [0, 0.05) is 4.88 Å². The number of hydrogen-bond donors (Lipinski definition) is 1. The van der Waals surface area contributed by atoms with E-state index < -0.39 is 5.97 Å². The van der Waals surface area contributed by atoms with Crippen molar-refractivity contribution in [1.82, 2.24) is 0 Å². The van der Waals surface area contributed by atoms with Crippen molar-refractivity contribution in [3.05, 3.63) is 28.5 Å². The highest BCUT2D eigenvalue weighted by Gasteiger charge is 2.14. The summed E-state index contributed by atoms with van der Waals surface area (Å²) in [5, 5.41) is 8.97. The van der Waals surface area contributed by atoms with Crippen molar-refractivity contribution in [3.8, 4) is 5.75 Å². The van der Waals surface area contributed by atoms with Crippen LogP contribution in [0.3, 0.4) is 0 Å². The highest BCUT2D eigenvalue weighted by atomic mass is 32.1. The Balaban J connectivity index is 2.36. The summed E-state index contributed by atoms with van der Waals surface area (Å²) in [7, 11) is 0. The van der Waals surface area contributed by atoms with Crippen LogP contribution in [0.25, 0.3) is 0 Å². The third-order valence-corrected chi connectivity index (χ3v) is 3.35. The van der Waals surface area contributed by atoms with Crippen LogP contribution in [0.1, 0.15) is 40.2 Å². The van der Waals surface area contributed by atoms with Gasteiger partial charge in [0.15, 0.2) is 4.88 Å². The minimum atomic E-state index is -0.912. The first kappa shape index (κ1) is 13.8. The fourth-order valence-electron chi connectivity index (χ4n) is 1.50. The third kappa shape index (κ3) is 4.61. The Morgan fingerprint density at radius 1 is 1.53 bits per heavy atom. The first-order chi connectivity index (χ1) is 8.15. The molecule has 0 bridgehead atoms. The topological polar surface area (TPSA) is 46.5 Å². The second-order valence-corrected chi connectivity index (χ2v) is 5.10. The van der Waals surface area contributed by atoms with Crippen molar-refractivity contribution in [1.29, 1.82) is 0 Å². The van der Waals surface area contributed by atoms with Gasteiger partial charge in [-0.05, 0) is 38.7 Å². The van der Waals surface area contributed by atoms with E-state index >= 15 is 0 Å². The van der Waals surface area contributed by atoms with Crippen LogP contribution >= 0.6 is 11.3 Å². The van der Waals surface area contributed by atoms with Crippen molar-refractivity contribution in [2.75, 3.05) is 6.61 Å². The van der Waals surface area contributed by atoms with Crippen LogP contribution in [0.5, 0.6) is 5.75 Å². The fraction of sp³-hybridized carbons (Fsp3) is 0.462. The number of rotatable bonds is 8. The van der Waals surface area contributed by atoms with Gasteiger partial charge < -0.3 is 9.84 Å². The van der Waals surface area contributed by atoms with Crippen LogP contribution in [0.15, 0.2) is 18.7 Å². The molecule has 0 aliphatic carbocycles. The molecule has 1 heterocycles. The molecule has 1 aromatic rings. The van der Waals surface area contributed by atoms with Gasteiger partial charge in [0.1, 0.15) is 5.75 Å². The lowest BCUT2D eigenvalue weighted by molar-refractivity contribution is 0.0698. The Bertz CT molecular complexity index is 382. The molecule has 0 spiro atoms. The van der Waals surface area contributed by atoms with Gasteiger partial charge in [0.25, 0.3) is 0 Å². The van der Waals surface area contributed by atoms with Crippen LogP contribution in [-0.4, -0.2) is 17.7 Å². The van der Waals surface area contributed by atoms with E-state index in [-0.39, 0.29) is 0 Å². The average Bonchev–Trinajstić information content (AvgIpc) is 2.65. The van der Waals surface area contributed by atoms with Crippen molar-refractivity contribution in [2.45, 2.75) is 32.6 Å². The van der Waals surface area contributed by atoms with Gasteiger partial charge in [-0.1, -0.05) is 6.08 Å². The molecular weight excluding hydrogens is 236 g/mol. The molecule has 0 aromatic carbocycles. The molecule has 0 amide bonds. The van der Waals surface area contributed by atoms with Crippen LogP contribution in [0.4, 0.5) is 0 Å². The number of aryl methyl sites for hydroxylation is 1. The zero-order valence-electron chi connectivity index (χ0n) is 10.1. The average molecular weight is 254 g/mol. The minimum absolute atomic E-state index is 0.300. The van der Waals surface area contributed by atoms with Gasteiger partial charge in [0.2, 0.25) is 0 Å². The van der Waals surface area contributed by atoms with Crippen molar-refractivity contribution < 1.29 is 14.6 Å². The first-order valence-electron chi connectivity index (χ1n) is 5.72. The molecule has 0 saturated heterocycles. The Hall–Kier alpha value is -1.29. The Labute approximate surface area is 106 Å². The number of hydrogen-bond acceptors (Lipinski definition) is 3. The molecule has 1 rings (SSSR count). The standard InChI is InChI=1S/C13H18O3S/c1-3-4-5-6-7-8-16-11-9-10(2)17-12(11)13(14)15/h3,9H,1,4-8H2,2H3,(H,14,15). The summed E-state index contributed by atoms with van der Waals surface area (Å²) in [6.45, 7) is 6.12. The van der Waals surface area contributed by atoms with Crippen molar-refractivity contribution >= 4 is 17.3 Å². The molecule has 94 valence electrons. The Morgan fingerprint density at radius 2 is 2.29 bits per heavy atom. The number of unbranched alkanes of at least 4 members (excludes halogenated alkanes) is 3. The van der Waals surface area contributed by atoms with E-state index in [1.165, 1.54) is 11.3 Å². The summed E-state index contributed by atoms with van der Waals surface area (Å²) in [5.41, 5.74) is 0. The predicted molar refractivity (Wildman–Crippen MR) is 70.2 cm³/mol. The maximum Gasteiger partial charge on any atom is 0.349 e. The zero-order valence-corrected chi connectivity index (χ0v) is 10.9. The summed E-state index contributed by atoms with van der Waals surface area (Å²) in [6.07, 6.45) is 6.07. The van der Waals surface area contributed by atoms with E-state index in [1.807, 2.05) is 13.0 Å². The van der Waals surface area contributed by atoms with Crippen LogP contribution < -0.4 is 4.74 Å². The van der Waals surface area contributed by atoms with E-state index in [4.69, 9.17) is 9.84 Å². The first-order valence-corrected chi connectivity index (χ1v) is 6.54. The summed E-state index contributed by atoms with van der Waals surface area (Å²) in [6, 6.07) is 1.79. The molecule has 17 heavy (non-hydrogen) atoms. The molecular formula is C13H18O3S. The predicted octanol–water partition coefficient (Wildman–Crippen LogP) is 3.88. The molecule has 0 saturated carbocycles. The summed E-state index contributed by atoms with van der Waals surface area (Å²) in [4.78, 5) is 12.2. The number of carboxylic acids is 1. The van der Waals surface area contributed by atoms with E-state index in [0.29, 0.717) is 17.2 Å². The normalized spacial score (nSPS) is 10.2. The van der Waals surface area contributed by atoms with Gasteiger partial charge in [-0.15, -0.1) is 17.9 Å². The van der Waals surface area contributed by atoms with Crippen LogP contribution in [0, 0.1) is 6.92 Å². The molecule has 0 fully saturated rings. The molecule has 4 heteroatoms. The van der Waals surface area contributed by atoms with Crippen molar-refractivity contribution in [3.63, 3.8) is 0 Å². The highest BCUT2D eigenvalue weighted by molar-refractivity contribution is 7.14. The number of carboxylic acid groups (broad SMARTS) is 1. The summed E-state index contributed by atoms with van der Waals surface area (Å²) < 4.78 is 5.50. The Kier molecular flexibility index (Phi) is 5.77. The SMILES string of the molecule is C=CCCCCCOc1cc(C)sc1C(=O)O. The van der Waals surface area contributed by atoms with Gasteiger partial charge in [-0.3, -0.25) is 0 Å². The quantitative estimate of drug-likeness (QED) is 0.565. The number of carbonyl (C=O) groups is 1. The van der Waals surface area contributed by atoms with Crippen LogP contribution in [0.2, 0.25) is 0 Å². The number of ether oxygens (including phenoxy) is 1. The second kappa shape index (κ2) is 7.12. The lowest BCUT2D eigenvalue weighted by atomic mass is 10.2. The van der Waals surface area contributed by atoms with E-state index in [9.17, 15) is 4.79 Å². The molecule has 0 unspecified atom stereocenters. The maximum absolute atomic E-state index is 10.9. The van der Waals surface area contributed by atoms with Gasteiger partial charge in [-0.25, -0.2) is 4.79 Å². The highest BCUT2D eigenvalue weighted by Crippen LogP contribution is 2.28. The summed E-state index contributed by atoms with van der Waals surface area (Å²) >= 11 is 1.26. The van der Waals surface area contributed by atoms with Gasteiger partial charge in [0.05, 0.1) is 6.61 Å². The zero-order chi connectivity index (χ0) is 12.7. The second-order valence-electron chi connectivity index (χ2n) is 3.84. The molecule has 1 N–H and O–H groups in total. The van der Waals surface area contributed by atoms with E-state index in [2.05, 4.69) is 6.58 Å². The number of aromatic carboxylic acids is 1. The molecule has 1 aromatic heterocycles. The molecule has 0 aliphatic heterocycles. The molecule has 3 nitrogen and oxygen atoms in total. The number of allylic oxidation sites excluding steroid dienone is 1. The monoisotopic (exact) mass is 254 g/mol. The lowest BCUT2D eigenvalue weighted by Gasteiger charge is -2.04. The maximum atomic E-state index is 10.9. The minimum Gasteiger partial charge on any atom is -0.492 e. The summed E-state index contributed by atoms with van der Waals surface area (Å²) in [5.74, 6) is -0.409. The molecule has 0 radical (unpaired) electrons. The third-order valence-electron chi connectivity index (χ3n) is 2.33. The van der Waals surface area contributed by atoms with Crippen molar-refractivity contribution in [2.24, 2.45) is 0 Å². The number of thiophene rings is 1. The van der Waals surface area contributed by atoms with Crippen LogP contribution in [-0.2, 0) is 0 Å². The smallest absolute Gasteiger partial charge is 0.349 e. The van der Waals surface area contributed by atoms with Gasteiger partial charge >= 0.3 is 5.97 Å². The van der Waals surface area contributed by atoms with Gasteiger partial charge in [-0.2, -0.15) is 0 Å². The molecule has 0 atom stereocenters. The fourth-order valence-corrected chi connectivity index (χ4v) is 2.29. The largest absolute Gasteiger partial charge is 0.492 e. The van der Waals surface area contributed by atoms with E-state index in [1.54, 1.807) is 6.07 Å².